The number of nitrogens with two attached hydrogens (primary N) is 4. The van der Waals surface area contributed by atoms with Gasteiger partial charge in [0.25, 0.3) is 0 Å². The Labute approximate surface area is 748 Å². The van der Waals surface area contributed by atoms with Crippen molar-refractivity contribution in [2.75, 3.05) is 58.0 Å². The van der Waals surface area contributed by atoms with Crippen molar-refractivity contribution < 1.29 is 71.8 Å². The molecule has 6 aromatic carbocycles. The van der Waals surface area contributed by atoms with Gasteiger partial charge in [0.1, 0.15) is 57.6 Å². The van der Waals surface area contributed by atoms with E-state index in [-0.39, 0.29) is 29.7 Å². The quantitative estimate of drug-likeness (QED) is 0.0137. The monoisotopic (exact) mass is 1760 g/mol. The van der Waals surface area contributed by atoms with Crippen molar-refractivity contribution in [3.63, 3.8) is 0 Å². The third-order valence-corrected chi connectivity index (χ3v) is 22.3. The van der Waals surface area contributed by atoms with Gasteiger partial charge in [0.05, 0.1) is 127 Å². The lowest BCUT2D eigenvalue weighted by molar-refractivity contribution is -0.149. The molecule has 14 aromatic rings. The minimum atomic E-state index is -0.959. The molecule has 2 unspecified atom stereocenters. The van der Waals surface area contributed by atoms with Crippen LogP contribution in [0.25, 0.3) is 87.7 Å². The zero-order valence-corrected chi connectivity index (χ0v) is 75.8. The molecule has 0 fully saturated rings. The number of esters is 6. The molecule has 9 N–H and O–H groups in total. The number of benzene rings is 6. The van der Waals surface area contributed by atoms with E-state index < -0.39 is 29.8 Å². The van der Waals surface area contributed by atoms with Gasteiger partial charge in [-0.3, -0.25) is 9.59 Å². The number of carboxylic acid groups (broad SMARTS) is 1. The van der Waals surface area contributed by atoms with Crippen LogP contribution in [0.5, 0.6) is 0 Å². The first-order chi connectivity index (χ1) is 62.3. The Balaban J connectivity index is 0.000000167. The Morgan fingerprint density at radius 3 is 1.08 bits per heavy atom. The molecule has 0 aliphatic heterocycles. The SMILES string of the molecule is CCCCCCCCC(=O)OC(C)Cn1c(CCCC)nc2c(N)nc3cc(C(=O)OC)ccc3c21.CCCCc1nc2c(N)nc3cc(C(=O)OC)ccc3c2n1CC(C)OC(C)=O.CCCCc1nc2c(N)nc3cc(C(=O)OC)ccc3c2n1CCOCc1ccccc1.CCCCc1nc2c(N)nc3cc(C(=O)OC)ccc3c2n1Cc1ccc(C(=O)O)cc1. The van der Waals surface area contributed by atoms with E-state index in [1.807, 2.05) is 56.3 Å². The molecule has 680 valence electrons. The first kappa shape index (κ1) is 95.9. The van der Waals surface area contributed by atoms with Gasteiger partial charge < -0.3 is 79.5 Å². The van der Waals surface area contributed by atoms with Crippen molar-refractivity contribution in [1.82, 2.24) is 58.1 Å². The Morgan fingerprint density at radius 1 is 0.380 bits per heavy atom. The van der Waals surface area contributed by atoms with E-state index in [1.165, 1.54) is 61.0 Å². The van der Waals surface area contributed by atoms with E-state index in [2.05, 4.69) is 85.0 Å². The van der Waals surface area contributed by atoms with Crippen LogP contribution in [0.4, 0.5) is 23.3 Å². The topological polar surface area (TPSA) is 431 Å². The summed E-state index contributed by atoms with van der Waals surface area (Å²) >= 11 is 0. The number of aryl methyl sites for hydroxylation is 4. The lowest BCUT2D eigenvalue weighted by atomic mass is 10.1. The van der Waals surface area contributed by atoms with Gasteiger partial charge in [0, 0.05) is 73.7 Å². The number of carboxylic acids is 1. The fourth-order valence-corrected chi connectivity index (χ4v) is 15.8. The maximum atomic E-state index is 12.5. The third kappa shape index (κ3) is 23.6. The van der Waals surface area contributed by atoms with E-state index in [1.54, 1.807) is 72.8 Å². The van der Waals surface area contributed by atoms with Crippen LogP contribution in [0.2, 0.25) is 0 Å². The summed E-state index contributed by atoms with van der Waals surface area (Å²) in [5.74, 6) is 1.73. The minimum Gasteiger partial charge on any atom is -0.478 e. The number of ether oxygens (including phenoxy) is 7. The fraction of sp³-hybridized carbons (Fsp3) is 0.398. The van der Waals surface area contributed by atoms with Crippen molar-refractivity contribution in [3.8, 4) is 0 Å². The van der Waals surface area contributed by atoms with Crippen LogP contribution in [0.3, 0.4) is 0 Å². The lowest BCUT2D eigenvalue weighted by Gasteiger charge is -2.17. The van der Waals surface area contributed by atoms with Crippen LogP contribution in [-0.2, 0) is 101 Å². The molecule has 0 radical (unpaired) electrons. The molecule has 0 saturated carbocycles. The number of methoxy groups -OCH3 is 4. The van der Waals surface area contributed by atoms with Gasteiger partial charge in [0.2, 0.25) is 0 Å². The number of carbonyl (C=O) groups excluding carboxylic acids is 6. The number of nitrogen functional groups attached to an aromatic ring is 4. The van der Waals surface area contributed by atoms with Crippen LogP contribution in [0.1, 0.15) is 238 Å². The maximum absolute atomic E-state index is 12.5. The van der Waals surface area contributed by atoms with Crippen molar-refractivity contribution in [2.45, 2.75) is 222 Å². The molecule has 31 nitrogen and oxygen atoms in total. The van der Waals surface area contributed by atoms with Crippen LogP contribution in [0.15, 0.2) is 127 Å². The molecule has 0 amide bonds. The molecule has 0 aliphatic carbocycles. The molecule has 0 spiro atoms. The summed E-state index contributed by atoms with van der Waals surface area (Å²) in [5, 5.41) is 12.6. The molecule has 0 bridgehead atoms. The number of imidazole rings is 4. The summed E-state index contributed by atoms with van der Waals surface area (Å²) in [4.78, 5) is 120. The second kappa shape index (κ2) is 45.6. The number of unbranched alkanes of at least 4 members (excludes halogenated alkanes) is 9. The van der Waals surface area contributed by atoms with Gasteiger partial charge in [-0.15, -0.1) is 0 Å². The molecule has 129 heavy (non-hydrogen) atoms. The smallest absolute Gasteiger partial charge is 0.337 e. The predicted molar refractivity (Wildman–Crippen MR) is 501 cm³/mol. The number of nitrogens with zero attached hydrogens (tertiary/aromatic N) is 12. The van der Waals surface area contributed by atoms with Gasteiger partial charge in [0.15, 0.2) is 23.3 Å². The van der Waals surface area contributed by atoms with Crippen LogP contribution in [0, 0.1) is 0 Å². The summed E-state index contributed by atoms with van der Waals surface area (Å²) in [6.45, 7) is 19.1. The molecule has 8 aromatic heterocycles. The highest BCUT2D eigenvalue weighted by Gasteiger charge is 2.27. The largest absolute Gasteiger partial charge is 0.478 e. The zero-order valence-electron chi connectivity index (χ0n) is 75.8. The van der Waals surface area contributed by atoms with E-state index in [9.17, 15) is 38.7 Å². The normalized spacial score (nSPS) is 11.8. The van der Waals surface area contributed by atoms with Crippen molar-refractivity contribution >= 4 is 153 Å². The number of hydrogen-bond acceptors (Lipinski definition) is 26. The molecular formula is C98H118N16O15. The van der Waals surface area contributed by atoms with Gasteiger partial charge >= 0.3 is 41.8 Å². The number of carbonyl (C=O) groups is 7. The number of rotatable bonds is 37. The van der Waals surface area contributed by atoms with Gasteiger partial charge in [-0.25, -0.2) is 63.8 Å². The molecule has 14 rings (SSSR count). The first-order valence-electron chi connectivity index (χ1n) is 44.3. The summed E-state index contributed by atoms with van der Waals surface area (Å²) in [6, 6.07) is 37.9. The van der Waals surface area contributed by atoms with Gasteiger partial charge in [-0.05, 0) is 142 Å². The van der Waals surface area contributed by atoms with Gasteiger partial charge in [-0.1, -0.05) is 135 Å². The number of aromatic carboxylic acids is 1. The number of anilines is 4. The molecular weight excluding hydrogens is 1640 g/mol. The van der Waals surface area contributed by atoms with Crippen molar-refractivity contribution in [1.29, 1.82) is 0 Å². The van der Waals surface area contributed by atoms with Crippen LogP contribution >= 0.6 is 0 Å². The zero-order chi connectivity index (χ0) is 92.5. The van der Waals surface area contributed by atoms with E-state index in [0.717, 1.165) is 168 Å². The fourth-order valence-electron chi connectivity index (χ4n) is 15.8. The summed E-state index contributed by atoms with van der Waals surface area (Å²) < 4.78 is 44.8. The average Bonchev–Trinajstić information content (AvgIpc) is 1.63. The standard InChI is InChI=1S/C28H40N4O4.C25H28N4O3.C24H24N4O4.C21H26N4O4/c1-5-7-9-10-11-12-14-24(33)36-19(3)18-32-23(13-8-6-2)31-25-26(32)21-16-15-20(28(34)35-4)17-22(21)30-27(25)29;1-3-4-10-21-28-22-23(29(21)13-14-32-16-17-8-6-5-7-9-17)19-12-11-18(25(30)31-2)15-20(19)27-24(22)26;1-3-4-5-19-27-20-21(28(19)13-14-6-8-15(9-7-14)23(29)30)17-11-10-16(24(31)32-2)12-18(17)26-22(20)25;1-5-6-7-17-24-18-19(25(17)11-12(2)29-13(3)26)15-9-8-14(21(27)28-4)10-16(15)23-20(18)22/h15-17,19H,5-14,18H2,1-4H3,(H2,29,30);5-9,11-12,15H,3-4,10,13-14,16H2,1-2H3,(H2,26,27);6-12H,3-5,13H2,1-2H3,(H2,25,26)(H,29,30);8-10,12H,5-7,11H2,1-4H3,(H2,22,23). The molecule has 2 atom stereocenters. The third-order valence-electron chi connectivity index (χ3n) is 22.3. The summed E-state index contributed by atoms with van der Waals surface area (Å²) in [7, 11) is 5.38. The van der Waals surface area contributed by atoms with Crippen molar-refractivity contribution in [2.24, 2.45) is 0 Å². The molecule has 31 heteroatoms. The second-order valence-electron chi connectivity index (χ2n) is 31.9. The van der Waals surface area contributed by atoms with E-state index in [4.69, 9.17) is 76.0 Å². The number of pyridine rings is 4. The summed E-state index contributed by atoms with van der Waals surface area (Å²) in [6.07, 6.45) is 17.9. The maximum Gasteiger partial charge on any atom is 0.337 e. The lowest BCUT2D eigenvalue weighted by Crippen LogP contribution is -2.22. The first-order valence-corrected chi connectivity index (χ1v) is 44.3. The molecule has 8 heterocycles. The highest BCUT2D eigenvalue weighted by molar-refractivity contribution is 6.12. The second-order valence-corrected chi connectivity index (χ2v) is 31.9. The minimum absolute atomic E-state index is 0.161. The molecule has 0 aliphatic rings. The highest BCUT2D eigenvalue weighted by Crippen LogP contribution is 2.37. The number of hydrogen-bond donors (Lipinski definition) is 5. The highest BCUT2D eigenvalue weighted by atomic mass is 16.6. The predicted octanol–water partition coefficient (Wildman–Crippen LogP) is 17.8. The van der Waals surface area contributed by atoms with E-state index in [0.29, 0.717) is 135 Å². The van der Waals surface area contributed by atoms with Crippen molar-refractivity contribution in [3.05, 3.63) is 190 Å². The number of fused-ring (bicyclic) bond motifs is 12. The number of aromatic nitrogens is 12. The molecule has 0 saturated heterocycles. The van der Waals surface area contributed by atoms with E-state index >= 15 is 0 Å². The summed E-state index contributed by atoms with van der Waals surface area (Å²) in [5.41, 5.74) is 37.5. The Bertz CT molecular complexity index is 6340. The van der Waals surface area contributed by atoms with Crippen LogP contribution in [-0.4, -0.2) is 152 Å². The Morgan fingerprint density at radius 2 is 0.713 bits per heavy atom. The Kier molecular flexibility index (Phi) is 33.9. The average molecular weight is 1760 g/mol. The van der Waals surface area contributed by atoms with Crippen LogP contribution < -0.4 is 22.9 Å². The Hall–Kier alpha value is -13.7. The van der Waals surface area contributed by atoms with Gasteiger partial charge in [-0.2, -0.15) is 0 Å².